The summed E-state index contributed by atoms with van der Waals surface area (Å²) in [5.74, 6) is -0.445. The van der Waals surface area contributed by atoms with Gasteiger partial charge in [0.2, 0.25) is 0 Å². The smallest absolute Gasteiger partial charge is 0.333 e. The molecule has 0 amide bonds. The Morgan fingerprint density at radius 2 is 2.13 bits per heavy atom. The van der Waals surface area contributed by atoms with Crippen molar-refractivity contribution in [1.29, 1.82) is 0 Å². The molecular weight excluding hydrogens is 200 g/mol. The van der Waals surface area contributed by atoms with Gasteiger partial charge in [-0.05, 0) is 0 Å². The minimum atomic E-state index is -0.445. The molecular formula is C10H16O5. The summed E-state index contributed by atoms with van der Waals surface area (Å²) in [4.78, 5) is 11.0. The van der Waals surface area contributed by atoms with Crippen molar-refractivity contribution in [3.05, 3.63) is 12.2 Å². The number of esters is 1. The molecule has 0 aliphatic carbocycles. The van der Waals surface area contributed by atoms with Gasteiger partial charge in [0.05, 0.1) is 32.5 Å². The van der Waals surface area contributed by atoms with Crippen LogP contribution in [-0.2, 0) is 19.0 Å². The highest BCUT2D eigenvalue weighted by Gasteiger charge is 2.25. The number of epoxide rings is 2. The molecule has 0 aromatic carbocycles. The van der Waals surface area contributed by atoms with Gasteiger partial charge in [-0.25, -0.2) is 4.79 Å². The number of aliphatic hydroxyl groups excluding tert-OH is 1. The summed E-state index contributed by atoms with van der Waals surface area (Å²) in [7, 11) is 0. The van der Waals surface area contributed by atoms with Gasteiger partial charge in [-0.2, -0.15) is 0 Å². The molecule has 0 saturated carbocycles. The molecule has 86 valence electrons. The van der Waals surface area contributed by atoms with Gasteiger partial charge in [-0.1, -0.05) is 6.58 Å². The highest BCUT2D eigenvalue weighted by atomic mass is 16.6. The lowest BCUT2D eigenvalue weighted by molar-refractivity contribution is -0.140. The lowest BCUT2D eigenvalue weighted by atomic mass is 10.2. The first kappa shape index (κ1) is 12.2. The maximum absolute atomic E-state index is 11.0. The van der Waals surface area contributed by atoms with E-state index in [0.717, 1.165) is 13.2 Å². The topological polar surface area (TPSA) is 71.6 Å². The maximum Gasteiger partial charge on any atom is 0.333 e. The Labute approximate surface area is 88.6 Å². The van der Waals surface area contributed by atoms with Gasteiger partial charge in [0.15, 0.2) is 0 Å². The highest BCUT2D eigenvalue weighted by molar-refractivity contribution is 5.87. The highest BCUT2D eigenvalue weighted by Crippen LogP contribution is 2.18. The van der Waals surface area contributed by atoms with Crippen molar-refractivity contribution >= 4 is 5.97 Å². The van der Waals surface area contributed by atoms with Gasteiger partial charge >= 0.3 is 5.97 Å². The van der Waals surface area contributed by atoms with Gasteiger partial charge in [0, 0.05) is 12.0 Å². The molecule has 5 heteroatoms. The van der Waals surface area contributed by atoms with Crippen LogP contribution < -0.4 is 0 Å². The summed E-state index contributed by atoms with van der Waals surface area (Å²) in [6, 6.07) is 0. The predicted molar refractivity (Wildman–Crippen MR) is 52.4 cm³/mol. The molecule has 5 nitrogen and oxygen atoms in total. The van der Waals surface area contributed by atoms with E-state index in [9.17, 15) is 4.79 Å². The van der Waals surface area contributed by atoms with Crippen LogP contribution in [0.25, 0.3) is 0 Å². The van der Waals surface area contributed by atoms with Crippen LogP contribution in [-0.4, -0.2) is 50.2 Å². The fraction of sp³-hybridized carbons (Fsp3) is 0.700. The third-order valence-corrected chi connectivity index (χ3v) is 1.69. The standard InChI is InChI=1S/C8H12O4.C2H4O/c1-6(4-7-5-12-7)8(10)11-3-2-9;1-2-3-1/h7,9H,1-5H2;1-2H2. The number of aliphatic hydroxyl groups is 1. The molecule has 0 bridgehead atoms. The molecule has 2 aliphatic heterocycles. The van der Waals surface area contributed by atoms with E-state index in [1.807, 2.05) is 0 Å². The van der Waals surface area contributed by atoms with Crippen LogP contribution >= 0.6 is 0 Å². The average Bonchev–Trinajstić information content (AvgIpc) is 3.05. The largest absolute Gasteiger partial charge is 0.460 e. The van der Waals surface area contributed by atoms with E-state index in [-0.39, 0.29) is 19.3 Å². The third kappa shape index (κ3) is 7.07. The second kappa shape index (κ2) is 6.55. The molecule has 15 heavy (non-hydrogen) atoms. The van der Waals surface area contributed by atoms with E-state index in [1.165, 1.54) is 0 Å². The lowest BCUT2D eigenvalue weighted by Crippen LogP contribution is -2.11. The van der Waals surface area contributed by atoms with Crippen molar-refractivity contribution in [3.8, 4) is 0 Å². The zero-order valence-electron chi connectivity index (χ0n) is 8.61. The van der Waals surface area contributed by atoms with Gasteiger partial charge in [-0.15, -0.1) is 0 Å². The number of carbonyl (C=O) groups excluding carboxylic acids is 1. The molecule has 0 aromatic rings. The van der Waals surface area contributed by atoms with Crippen molar-refractivity contribution < 1.29 is 24.1 Å². The summed E-state index contributed by atoms with van der Waals surface area (Å²) in [5.41, 5.74) is 0.408. The second-order valence-electron chi connectivity index (χ2n) is 3.23. The predicted octanol–water partition coefficient (Wildman–Crippen LogP) is -0.116. The van der Waals surface area contributed by atoms with Crippen LogP contribution in [0.1, 0.15) is 6.42 Å². The van der Waals surface area contributed by atoms with Gasteiger partial charge in [0.1, 0.15) is 6.61 Å². The van der Waals surface area contributed by atoms with E-state index in [1.54, 1.807) is 0 Å². The van der Waals surface area contributed by atoms with Crippen LogP contribution in [0.2, 0.25) is 0 Å². The van der Waals surface area contributed by atoms with Gasteiger partial charge in [0.25, 0.3) is 0 Å². The first-order valence-corrected chi connectivity index (χ1v) is 4.89. The number of ether oxygens (including phenoxy) is 3. The number of hydrogen-bond donors (Lipinski definition) is 1. The monoisotopic (exact) mass is 216 g/mol. The quantitative estimate of drug-likeness (QED) is 0.394. The lowest BCUT2D eigenvalue weighted by Gasteiger charge is -2.03. The Hall–Kier alpha value is -0.910. The van der Waals surface area contributed by atoms with Crippen LogP contribution in [0.3, 0.4) is 0 Å². The van der Waals surface area contributed by atoms with Crippen LogP contribution in [0.5, 0.6) is 0 Å². The van der Waals surface area contributed by atoms with Gasteiger partial charge < -0.3 is 19.3 Å². The van der Waals surface area contributed by atoms with Crippen molar-refractivity contribution in [1.82, 2.24) is 0 Å². The van der Waals surface area contributed by atoms with Crippen molar-refractivity contribution in [2.24, 2.45) is 0 Å². The number of carbonyl (C=O) groups is 1. The zero-order chi connectivity index (χ0) is 11.1. The molecule has 0 aromatic heterocycles. The average molecular weight is 216 g/mol. The molecule has 1 N–H and O–H groups in total. The number of hydrogen-bond acceptors (Lipinski definition) is 5. The fourth-order valence-electron chi connectivity index (χ4n) is 0.784. The van der Waals surface area contributed by atoms with E-state index < -0.39 is 5.97 Å². The van der Waals surface area contributed by atoms with Crippen LogP contribution in [0.15, 0.2) is 12.2 Å². The molecule has 2 saturated heterocycles. The minimum Gasteiger partial charge on any atom is -0.460 e. The molecule has 2 aliphatic rings. The Balaban J connectivity index is 0.000000319. The minimum absolute atomic E-state index is 0.0311. The molecule has 1 atom stereocenters. The Morgan fingerprint density at radius 1 is 1.53 bits per heavy atom. The SMILES string of the molecule is C1CO1.C=C(CC1CO1)C(=O)OCCO. The van der Waals surface area contributed by atoms with Crippen molar-refractivity contribution in [3.63, 3.8) is 0 Å². The molecule has 2 heterocycles. The fourth-order valence-corrected chi connectivity index (χ4v) is 0.784. The maximum atomic E-state index is 11.0. The van der Waals surface area contributed by atoms with Crippen LogP contribution in [0, 0.1) is 0 Å². The summed E-state index contributed by atoms with van der Waals surface area (Å²) < 4.78 is 14.1. The van der Waals surface area contributed by atoms with Crippen molar-refractivity contribution in [2.75, 3.05) is 33.0 Å². The summed E-state index contributed by atoms with van der Waals surface area (Å²) in [6.45, 7) is 6.13. The summed E-state index contributed by atoms with van der Waals surface area (Å²) in [6.07, 6.45) is 0.684. The Bertz CT molecular complexity index is 217. The Kier molecular flexibility index (Phi) is 5.31. The second-order valence-corrected chi connectivity index (χ2v) is 3.23. The summed E-state index contributed by atoms with van der Waals surface area (Å²) >= 11 is 0. The first-order valence-electron chi connectivity index (χ1n) is 4.89. The van der Waals surface area contributed by atoms with Gasteiger partial charge in [-0.3, -0.25) is 0 Å². The van der Waals surface area contributed by atoms with E-state index >= 15 is 0 Å². The molecule has 2 rings (SSSR count). The van der Waals surface area contributed by atoms with E-state index in [2.05, 4.69) is 16.1 Å². The van der Waals surface area contributed by atoms with Crippen molar-refractivity contribution in [2.45, 2.75) is 12.5 Å². The third-order valence-electron chi connectivity index (χ3n) is 1.69. The zero-order valence-corrected chi connectivity index (χ0v) is 8.61. The molecule has 1 unspecified atom stereocenters. The number of rotatable bonds is 5. The normalized spacial score (nSPS) is 21.0. The molecule has 0 radical (unpaired) electrons. The summed E-state index contributed by atoms with van der Waals surface area (Å²) in [5, 5.41) is 8.36. The Morgan fingerprint density at radius 3 is 2.53 bits per heavy atom. The van der Waals surface area contributed by atoms with Crippen LogP contribution in [0.4, 0.5) is 0 Å². The first-order chi connectivity index (χ1) is 7.24. The van der Waals surface area contributed by atoms with E-state index in [4.69, 9.17) is 9.84 Å². The molecule has 0 spiro atoms. The molecule has 2 fully saturated rings. The van der Waals surface area contributed by atoms with E-state index in [0.29, 0.717) is 18.6 Å².